The number of ether oxygens (including phenoxy) is 1. The standard InChI is InChI=1S/C18H25N5O2/c1-12-6-7-14(11-16(12)25-10-4-8-19)18(24)23-9-3-5-15(23)17-20-13(2)21-22-17/h6-7,11,15H,3-5,8-10,19H2,1-2H3,(H,20,21,22)/t15-/m0/s1. The quantitative estimate of drug-likeness (QED) is 0.783. The topological polar surface area (TPSA) is 97.1 Å². The minimum absolute atomic E-state index is 0.00590. The Labute approximate surface area is 147 Å². The molecule has 3 rings (SSSR count). The van der Waals surface area contributed by atoms with Gasteiger partial charge in [-0.25, -0.2) is 4.98 Å². The van der Waals surface area contributed by atoms with Crippen LogP contribution in [0.3, 0.4) is 0 Å². The Hall–Kier alpha value is -2.41. The van der Waals surface area contributed by atoms with Gasteiger partial charge in [-0.05, 0) is 57.4 Å². The predicted octanol–water partition coefficient (Wildman–Crippen LogP) is 2.13. The van der Waals surface area contributed by atoms with E-state index in [4.69, 9.17) is 10.5 Å². The summed E-state index contributed by atoms with van der Waals surface area (Å²) in [6.07, 6.45) is 2.63. The molecule has 134 valence electrons. The number of nitrogens with one attached hydrogen (secondary N) is 1. The van der Waals surface area contributed by atoms with Gasteiger partial charge in [0.15, 0.2) is 5.82 Å². The van der Waals surface area contributed by atoms with Crippen LogP contribution in [-0.2, 0) is 0 Å². The second kappa shape index (κ2) is 7.65. The highest BCUT2D eigenvalue weighted by Crippen LogP contribution is 2.32. The lowest BCUT2D eigenvalue weighted by molar-refractivity contribution is 0.0729. The highest BCUT2D eigenvalue weighted by atomic mass is 16.5. The normalized spacial score (nSPS) is 17.1. The van der Waals surface area contributed by atoms with Crippen LogP contribution in [-0.4, -0.2) is 45.7 Å². The third kappa shape index (κ3) is 3.82. The van der Waals surface area contributed by atoms with Crippen molar-refractivity contribution in [2.45, 2.75) is 39.2 Å². The molecule has 1 saturated heterocycles. The lowest BCUT2D eigenvalue weighted by Gasteiger charge is -2.23. The van der Waals surface area contributed by atoms with Crippen LogP contribution in [0.5, 0.6) is 5.75 Å². The van der Waals surface area contributed by atoms with E-state index in [0.717, 1.165) is 36.4 Å². The Morgan fingerprint density at radius 1 is 1.44 bits per heavy atom. The van der Waals surface area contributed by atoms with Crippen molar-refractivity contribution in [3.8, 4) is 5.75 Å². The first-order chi connectivity index (χ1) is 12.1. The van der Waals surface area contributed by atoms with Crippen molar-refractivity contribution in [2.75, 3.05) is 19.7 Å². The number of rotatable bonds is 6. The van der Waals surface area contributed by atoms with Crippen LogP contribution in [0.1, 0.15) is 52.9 Å². The number of hydrogen-bond acceptors (Lipinski definition) is 5. The third-order valence-electron chi connectivity index (χ3n) is 4.47. The second-order valence-corrected chi connectivity index (χ2v) is 6.41. The number of H-pyrrole nitrogens is 1. The molecule has 0 bridgehead atoms. The van der Waals surface area contributed by atoms with Gasteiger partial charge >= 0.3 is 0 Å². The van der Waals surface area contributed by atoms with Crippen molar-refractivity contribution in [3.05, 3.63) is 41.0 Å². The molecule has 1 aromatic heterocycles. The van der Waals surface area contributed by atoms with E-state index >= 15 is 0 Å². The molecule has 1 aliphatic rings. The molecule has 1 aliphatic heterocycles. The van der Waals surface area contributed by atoms with E-state index in [1.54, 1.807) is 0 Å². The van der Waals surface area contributed by atoms with Gasteiger partial charge in [-0.3, -0.25) is 9.89 Å². The first-order valence-electron chi connectivity index (χ1n) is 8.73. The van der Waals surface area contributed by atoms with Gasteiger partial charge in [0.25, 0.3) is 5.91 Å². The molecule has 0 aliphatic carbocycles. The highest BCUT2D eigenvalue weighted by molar-refractivity contribution is 5.95. The summed E-state index contributed by atoms with van der Waals surface area (Å²) in [5.74, 6) is 2.19. The fraction of sp³-hybridized carbons (Fsp3) is 0.500. The van der Waals surface area contributed by atoms with Gasteiger partial charge in [0, 0.05) is 12.1 Å². The molecule has 1 amide bonds. The van der Waals surface area contributed by atoms with Gasteiger partial charge in [0.1, 0.15) is 11.6 Å². The fourth-order valence-electron chi connectivity index (χ4n) is 3.11. The van der Waals surface area contributed by atoms with Crippen molar-refractivity contribution < 1.29 is 9.53 Å². The lowest BCUT2D eigenvalue weighted by Crippen LogP contribution is -2.31. The number of carbonyl (C=O) groups excluding carboxylic acids is 1. The van der Waals surface area contributed by atoms with Crippen LogP contribution in [0, 0.1) is 13.8 Å². The number of carbonyl (C=O) groups is 1. The molecule has 1 aromatic carbocycles. The van der Waals surface area contributed by atoms with E-state index in [1.165, 1.54) is 0 Å². The maximum absolute atomic E-state index is 13.0. The maximum atomic E-state index is 13.0. The van der Waals surface area contributed by atoms with Crippen LogP contribution in [0.15, 0.2) is 18.2 Å². The average molecular weight is 343 g/mol. The number of amides is 1. The molecule has 2 aromatic rings. The Morgan fingerprint density at radius 3 is 3.00 bits per heavy atom. The monoisotopic (exact) mass is 343 g/mol. The van der Waals surface area contributed by atoms with E-state index in [1.807, 2.05) is 36.9 Å². The first kappa shape index (κ1) is 17.4. The van der Waals surface area contributed by atoms with E-state index < -0.39 is 0 Å². The third-order valence-corrected chi connectivity index (χ3v) is 4.47. The predicted molar refractivity (Wildman–Crippen MR) is 94.5 cm³/mol. The summed E-state index contributed by atoms with van der Waals surface area (Å²) in [6, 6.07) is 5.53. The van der Waals surface area contributed by atoms with E-state index in [-0.39, 0.29) is 11.9 Å². The molecule has 1 atom stereocenters. The molecular weight excluding hydrogens is 318 g/mol. The summed E-state index contributed by atoms with van der Waals surface area (Å²) < 4.78 is 5.77. The molecule has 0 saturated carbocycles. The van der Waals surface area contributed by atoms with Crippen LogP contribution in [0.25, 0.3) is 0 Å². The zero-order valence-corrected chi connectivity index (χ0v) is 14.8. The van der Waals surface area contributed by atoms with Crippen LogP contribution in [0.2, 0.25) is 0 Å². The van der Waals surface area contributed by atoms with Gasteiger partial charge in [-0.15, -0.1) is 0 Å². The molecule has 0 spiro atoms. The summed E-state index contributed by atoms with van der Waals surface area (Å²) in [5.41, 5.74) is 7.15. The number of aryl methyl sites for hydroxylation is 2. The minimum Gasteiger partial charge on any atom is -0.493 e. The van der Waals surface area contributed by atoms with Crippen LogP contribution >= 0.6 is 0 Å². The van der Waals surface area contributed by atoms with Gasteiger partial charge in [-0.1, -0.05) is 6.07 Å². The number of aromatic amines is 1. The number of hydrogen-bond donors (Lipinski definition) is 2. The zero-order valence-electron chi connectivity index (χ0n) is 14.8. The first-order valence-corrected chi connectivity index (χ1v) is 8.73. The largest absolute Gasteiger partial charge is 0.493 e. The summed E-state index contributed by atoms with van der Waals surface area (Å²) in [6.45, 7) is 5.69. The lowest BCUT2D eigenvalue weighted by atomic mass is 10.1. The number of nitrogens with zero attached hydrogens (tertiary/aromatic N) is 3. The molecule has 0 radical (unpaired) electrons. The van der Waals surface area contributed by atoms with Crippen molar-refractivity contribution in [1.29, 1.82) is 0 Å². The van der Waals surface area contributed by atoms with Crippen LogP contribution < -0.4 is 10.5 Å². The van der Waals surface area contributed by atoms with Gasteiger partial charge in [-0.2, -0.15) is 5.10 Å². The van der Waals surface area contributed by atoms with E-state index in [0.29, 0.717) is 31.1 Å². The number of aromatic nitrogens is 3. The van der Waals surface area contributed by atoms with Crippen molar-refractivity contribution in [3.63, 3.8) is 0 Å². The molecular formula is C18H25N5O2. The maximum Gasteiger partial charge on any atom is 0.254 e. The molecule has 7 nitrogen and oxygen atoms in total. The average Bonchev–Trinajstić information content (AvgIpc) is 3.24. The van der Waals surface area contributed by atoms with E-state index in [2.05, 4.69) is 15.2 Å². The molecule has 7 heteroatoms. The van der Waals surface area contributed by atoms with Crippen molar-refractivity contribution >= 4 is 5.91 Å². The fourth-order valence-corrected chi connectivity index (χ4v) is 3.11. The minimum atomic E-state index is -0.0691. The Balaban J connectivity index is 1.78. The summed E-state index contributed by atoms with van der Waals surface area (Å²) >= 11 is 0. The Bertz CT molecular complexity index is 743. The highest BCUT2D eigenvalue weighted by Gasteiger charge is 2.33. The molecule has 1 fully saturated rings. The number of nitrogens with two attached hydrogens (primary N) is 1. The SMILES string of the molecule is Cc1nc([C@@H]2CCCN2C(=O)c2ccc(C)c(OCCCN)c2)n[nH]1. The van der Waals surface area contributed by atoms with Gasteiger partial charge < -0.3 is 15.4 Å². The second-order valence-electron chi connectivity index (χ2n) is 6.41. The molecule has 0 unspecified atom stereocenters. The van der Waals surface area contributed by atoms with Gasteiger partial charge in [0.05, 0.1) is 12.6 Å². The Kier molecular flexibility index (Phi) is 5.33. The molecule has 25 heavy (non-hydrogen) atoms. The zero-order chi connectivity index (χ0) is 17.8. The smallest absolute Gasteiger partial charge is 0.254 e. The summed E-state index contributed by atoms with van der Waals surface area (Å²) in [5, 5.41) is 7.10. The van der Waals surface area contributed by atoms with Crippen molar-refractivity contribution in [1.82, 2.24) is 20.1 Å². The van der Waals surface area contributed by atoms with E-state index in [9.17, 15) is 4.79 Å². The number of benzene rings is 1. The van der Waals surface area contributed by atoms with Gasteiger partial charge in [0.2, 0.25) is 0 Å². The van der Waals surface area contributed by atoms with Crippen LogP contribution in [0.4, 0.5) is 0 Å². The summed E-state index contributed by atoms with van der Waals surface area (Å²) in [4.78, 5) is 19.3. The Morgan fingerprint density at radius 2 is 2.28 bits per heavy atom. The summed E-state index contributed by atoms with van der Waals surface area (Å²) in [7, 11) is 0. The number of likely N-dealkylation sites (tertiary alicyclic amines) is 1. The molecule has 3 N–H and O–H groups in total. The van der Waals surface area contributed by atoms with Crippen molar-refractivity contribution in [2.24, 2.45) is 5.73 Å². The molecule has 2 heterocycles.